The monoisotopic (exact) mass is 184 g/mol. The Kier molecular flexibility index (Phi) is 2.83. The molecule has 0 aliphatic carbocycles. The van der Waals surface area contributed by atoms with Crippen LogP contribution in [0.2, 0.25) is 0 Å². The zero-order valence-electron chi connectivity index (χ0n) is 8.14. The topological polar surface area (TPSA) is 28.7 Å². The predicted octanol–water partition coefficient (Wildman–Crippen LogP) is 2.82. The Morgan fingerprint density at radius 2 is 2.25 bits per heavy atom. The van der Waals surface area contributed by atoms with Crippen LogP contribution in [0.5, 0.6) is 0 Å². The van der Waals surface area contributed by atoms with Crippen molar-refractivity contribution < 1.29 is 0 Å². The maximum Gasteiger partial charge on any atom is 0.165 e. The highest BCUT2D eigenvalue weighted by Gasteiger charge is 2.20. The van der Waals surface area contributed by atoms with Crippen molar-refractivity contribution in [3.05, 3.63) is 11.9 Å². The first-order chi connectivity index (χ1) is 5.60. The second-order valence-corrected chi connectivity index (χ2v) is 4.34. The maximum atomic E-state index is 4.26. The summed E-state index contributed by atoms with van der Waals surface area (Å²) in [7, 11) is 0. The summed E-state index contributed by atoms with van der Waals surface area (Å²) in [4.78, 5) is 7.56. The minimum Gasteiger partial charge on any atom is -0.336 e. The third-order valence-corrected chi connectivity index (χ3v) is 2.95. The van der Waals surface area contributed by atoms with Gasteiger partial charge in [0.1, 0.15) is 0 Å². The molecule has 0 fully saturated rings. The van der Waals surface area contributed by atoms with Gasteiger partial charge in [-0.2, -0.15) is 0 Å². The van der Waals surface area contributed by atoms with Crippen molar-refractivity contribution in [3.8, 4) is 0 Å². The van der Waals surface area contributed by atoms with Gasteiger partial charge in [-0.1, -0.05) is 32.5 Å². The maximum absolute atomic E-state index is 4.26. The molecule has 0 saturated carbocycles. The lowest BCUT2D eigenvalue weighted by atomic mass is 9.87. The van der Waals surface area contributed by atoms with Crippen LogP contribution in [0.25, 0.3) is 0 Å². The van der Waals surface area contributed by atoms with Gasteiger partial charge in [-0.25, -0.2) is 4.98 Å². The van der Waals surface area contributed by atoms with Gasteiger partial charge in [-0.3, -0.25) is 0 Å². The Labute approximate surface area is 78.2 Å². The molecule has 1 aromatic heterocycles. The highest BCUT2D eigenvalue weighted by atomic mass is 32.2. The quantitative estimate of drug-likeness (QED) is 0.732. The van der Waals surface area contributed by atoms with Crippen LogP contribution in [-0.4, -0.2) is 16.2 Å². The Hall–Kier alpha value is -0.440. The molecule has 12 heavy (non-hydrogen) atoms. The Morgan fingerprint density at radius 3 is 2.67 bits per heavy atom. The largest absolute Gasteiger partial charge is 0.336 e. The molecule has 1 N–H and O–H groups in total. The second-order valence-electron chi connectivity index (χ2n) is 3.54. The lowest BCUT2D eigenvalue weighted by Crippen LogP contribution is -2.15. The number of rotatable bonds is 3. The van der Waals surface area contributed by atoms with E-state index in [1.165, 1.54) is 5.69 Å². The van der Waals surface area contributed by atoms with E-state index in [2.05, 4.69) is 30.7 Å². The van der Waals surface area contributed by atoms with Crippen molar-refractivity contribution in [3.63, 3.8) is 0 Å². The van der Waals surface area contributed by atoms with Crippen molar-refractivity contribution in [1.29, 1.82) is 0 Å². The average molecular weight is 184 g/mol. The molecule has 1 aromatic rings. The SMILES string of the molecule is CCC(C)(C)c1cnc(SC)[nH]1. The zero-order chi connectivity index (χ0) is 9.19. The molecule has 68 valence electrons. The number of nitrogens with one attached hydrogen (secondary N) is 1. The summed E-state index contributed by atoms with van der Waals surface area (Å²) in [6, 6.07) is 0. The molecular formula is C9H16N2S. The molecule has 0 bridgehead atoms. The Bertz CT molecular complexity index is 253. The van der Waals surface area contributed by atoms with Gasteiger partial charge >= 0.3 is 0 Å². The van der Waals surface area contributed by atoms with Crippen LogP contribution >= 0.6 is 11.8 Å². The van der Waals surface area contributed by atoms with Crippen LogP contribution in [0.4, 0.5) is 0 Å². The first-order valence-electron chi connectivity index (χ1n) is 4.19. The van der Waals surface area contributed by atoms with E-state index < -0.39 is 0 Å². The van der Waals surface area contributed by atoms with Crippen molar-refractivity contribution in [2.75, 3.05) is 6.26 Å². The van der Waals surface area contributed by atoms with Crippen molar-refractivity contribution in [1.82, 2.24) is 9.97 Å². The summed E-state index contributed by atoms with van der Waals surface area (Å²) in [5.41, 5.74) is 1.45. The number of hydrogen-bond donors (Lipinski definition) is 1. The standard InChI is InChI=1S/C9H16N2S/c1-5-9(2,3)7-6-10-8(11-7)12-4/h6H,5H2,1-4H3,(H,10,11). The van der Waals surface area contributed by atoms with Gasteiger partial charge in [0.05, 0.1) is 0 Å². The smallest absolute Gasteiger partial charge is 0.165 e. The first kappa shape index (κ1) is 9.65. The molecule has 0 unspecified atom stereocenters. The molecule has 1 rings (SSSR count). The third-order valence-electron chi connectivity index (χ3n) is 2.36. The van der Waals surface area contributed by atoms with Crippen LogP contribution in [0.3, 0.4) is 0 Å². The highest BCUT2D eigenvalue weighted by molar-refractivity contribution is 7.98. The molecule has 0 spiro atoms. The van der Waals surface area contributed by atoms with Crippen LogP contribution < -0.4 is 0 Å². The lowest BCUT2D eigenvalue weighted by molar-refractivity contribution is 0.491. The molecule has 0 amide bonds. The lowest BCUT2D eigenvalue weighted by Gasteiger charge is -2.19. The van der Waals surface area contributed by atoms with Crippen LogP contribution in [0.15, 0.2) is 11.4 Å². The fourth-order valence-electron chi connectivity index (χ4n) is 0.941. The van der Waals surface area contributed by atoms with E-state index in [4.69, 9.17) is 0 Å². The second kappa shape index (κ2) is 3.52. The summed E-state index contributed by atoms with van der Waals surface area (Å²) < 4.78 is 0. The summed E-state index contributed by atoms with van der Waals surface area (Å²) in [5.74, 6) is 0. The van der Waals surface area contributed by atoms with Crippen molar-refractivity contribution in [2.24, 2.45) is 0 Å². The number of H-pyrrole nitrogens is 1. The Morgan fingerprint density at radius 1 is 1.58 bits per heavy atom. The number of hydrogen-bond acceptors (Lipinski definition) is 2. The predicted molar refractivity (Wildman–Crippen MR) is 53.7 cm³/mol. The molecule has 0 aromatic carbocycles. The van der Waals surface area contributed by atoms with Gasteiger partial charge in [-0.15, -0.1) is 0 Å². The van der Waals surface area contributed by atoms with Gasteiger partial charge in [0.25, 0.3) is 0 Å². The zero-order valence-corrected chi connectivity index (χ0v) is 8.96. The molecule has 1 heterocycles. The fourth-order valence-corrected chi connectivity index (χ4v) is 1.31. The molecule has 0 radical (unpaired) electrons. The molecule has 0 atom stereocenters. The number of nitrogens with zero attached hydrogens (tertiary/aromatic N) is 1. The Balaban J connectivity index is 2.88. The first-order valence-corrected chi connectivity index (χ1v) is 5.42. The third kappa shape index (κ3) is 1.83. The van der Waals surface area contributed by atoms with Crippen molar-refractivity contribution >= 4 is 11.8 Å². The van der Waals surface area contributed by atoms with Gasteiger partial charge in [0.15, 0.2) is 5.16 Å². The van der Waals surface area contributed by atoms with E-state index in [9.17, 15) is 0 Å². The number of thioether (sulfide) groups is 1. The molecule has 0 aliphatic rings. The molecule has 3 heteroatoms. The van der Waals surface area contributed by atoms with E-state index in [-0.39, 0.29) is 5.41 Å². The fraction of sp³-hybridized carbons (Fsp3) is 0.667. The van der Waals surface area contributed by atoms with Crippen LogP contribution in [0, 0.1) is 0 Å². The molecule has 0 saturated heterocycles. The van der Waals surface area contributed by atoms with E-state index in [1.54, 1.807) is 11.8 Å². The van der Waals surface area contributed by atoms with Gasteiger partial charge < -0.3 is 4.98 Å². The number of aromatic nitrogens is 2. The van der Waals surface area contributed by atoms with Gasteiger partial charge in [-0.05, 0) is 12.7 Å². The summed E-state index contributed by atoms with van der Waals surface area (Å²) in [5, 5.41) is 1.01. The van der Waals surface area contributed by atoms with Crippen LogP contribution in [0.1, 0.15) is 32.9 Å². The number of imidazole rings is 1. The highest BCUT2D eigenvalue weighted by Crippen LogP contribution is 2.26. The van der Waals surface area contributed by atoms with Gasteiger partial charge in [0, 0.05) is 17.3 Å². The van der Waals surface area contributed by atoms with Crippen LogP contribution in [-0.2, 0) is 5.41 Å². The normalized spacial score (nSPS) is 12.0. The molecule has 0 aliphatic heterocycles. The van der Waals surface area contributed by atoms with E-state index in [0.29, 0.717) is 0 Å². The molecule has 2 nitrogen and oxygen atoms in total. The van der Waals surface area contributed by atoms with Crippen molar-refractivity contribution in [2.45, 2.75) is 37.8 Å². The number of aromatic amines is 1. The minimum absolute atomic E-state index is 0.223. The summed E-state index contributed by atoms with van der Waals surface area (Å²) in [6.07, 6.45) is 5.10. The van der Waals surface area contributed by atoms with E-state index >= 15 is 0 Å². The average Bonchev–Trinajstić information content (AvgIpc) is 2.52. The summed E-state index contributed by atoms with van der Waals surface area (Å²) >= 11 is 1.65. The van der Waals surface area contributed by atoms with Gasteiger partial charge in [0.2, 0.25) is 0 Å². The van der Waals surface area contributed by atoms with E-state index in [0.717, 1.165) is 11.6 Å². The molecular weight excluding hydrogens is 168 g/mol. The summed E-state index contributed by atoms with van der Waals surface area (Å²) in [6.45, 7) is 6.65. The minimum atomic E-state index is 0.223. The van der Waals surface area contributed by atoms with E-state index in [1.807, 2.05) is 12.5 Å².